The zero-order valence-electron chi connectivity index (χ0n) is 9.32. The molecule has 2 N–H and O–H groups in total. The largest absolute Gasteiger partial charge is 0.381 e. The molecular formula is C11H12F2N4. The maximum Gasteiger partial charge on any atom is 0.169 e. The number of hydrogen-bond donors (Lipinski definition) is 1. The molecule has 17 heavy (non-hydrogen) atoms. The van der Waals surface area contributed by atoms with Crippen LogP contribution in [0.4, 0.5) is 14.6 Å². The van der Waals surface area contributed by atoms with Crippen molar-refractivity contribution >= 4 is 5.82 Å². The van der Waals surface area contributed by atoms with Gasteiger partial charge < -0.3 is 5.73 Å². The first-order chi connectivity index (χ1) is 8.13. The highest BCUT2D eigenvalue weighted by molar-refractivity contribution is 5.41. The standard InChI is InChI=1S/C11H12F2N4/c1-2-3-10-11(14)15-16-17(10)9-5-4-7(12)6-8(9)13/h4-6H,2-3,14H2,1H3. The number of aromatic nitrogens is 3. The van der Waals surface area contributed by atoms with Crippen molar-refractivity contribution in [3.8, 4) is 5.69 Å². The molecule has 0 saturated heterocycles. The van der Waals surface area contributed by atoms with Crippen molar-refractivity contribution in [1.82, 2.24) is 15.0 Å². The summed E-state index contributed by atoms with van der Waals surface area (Å²) in [5.41, 5.74) is 6.44. The number of halogens is 2. The lowest BCUT2D eigenvalue weighted by atomic mass is 10.2. The maximum absolute atomic E-state index is 13.6. The van der Waals surface area contributed by atoms with E-state index >= 15 is 0 Å². The van der Waals surface area contributed by atoms with Gasteiger partial charge in [0.25, 0.3) is 0 Å². The number of benzene rings is 1. The summed E-state index contributed by atoms with van der Waals surface area (Å²) in [6.45, 7) is 1.97. The second kappa shape index (κ2) is 4.48. The topological polar surface area (TPSA) is 56.7 Å². The molecule has 1 aromatic heterocycles. The first-order valence-electron chi connectivity index (χ1n) is 5.29. The number of nitrogens with zero attached hydrogens (tertiary/aromatic N) is 3. The Morgan fingerprint density at radius 1 is 1.35 bits per heavy atom. The van der Waals surface area contributed by atoms with E-state index in [9.17, 15) is 8.78 Å². The molecule has 1 aromatic carbocycles. The summed E-state index contributed by atoms with van der Waals surface area (Å²) in [5, 5.41) is 7.48. The Balaban J connectivity index is 2.52. The summed E-state index contributed by atoms with van der Waals surface area (Å²) in [5.74, 6) is -1.04. The predicted molar refractivity (Wildman–Crippen MR) is 59.7 cm³/mol. The van der Waals surface area contributed by atoms with Crippen molar-refractivity contribution in [3.05, 3.63) is 35.5 Å². The van der Waals surface area contributed by atoms with Crippen LogP contribution in [0.15, 0.2) is 18.2 Å². The molecule has 0 radical (unpaired) electrons. The lowest BCUT2D eigenvalue weighted by molar-refractivity contribution is 0.569. The zero-order valence-corrected chi connectivity index (χ0v) is 9.32. The number of nitrogens with two attached hydrogens (primary N) is 1. The van der Waals surface area contributed by atoms with E-state index in [1.165, 1.54) is 16.8 Å². The predicted octanol–water partition coefficient (Wildman–Crippen LogP) is 2.08. The third-order valence-electron chi connectivity index (χ3n) is 2.42. The highest BCUT2D eigenvalue weighted by Gasteiger charge is 2.14. The van der Waals surface area contributed by atoms with Gasteiger partial charge in [0.1, 0.15) is 11.5 Å². The molecule has 0 atom stereocenters. The quantitative estimate of drug-likeness (QED) is 0.890. The zero-order chi connectivity index (χ0) is 12.4. The lowest BCUT2D eigenvalue weighted by Crippen LogP contribution is -2.06. The van der Waals surface area contributed by atoms with Crippen LogP contribution < -0.4 is 5.73 Å². The van der Waals surface area contributed by atoms with Gasteiger partial charge in [0.05, 0.1) is 5.69 Å². The highest BCUT2D eigenvalue weighted by Crippen LogP contribution is 2.19. The Labute approximate surface area is 97.0 Å². The van der Waals surface area contributed by atoms with Crippen molar-refractivity contribution in [2.24, 2.45) is 0 Å². The SMILES string of the molecule is CCCc1c(N)nnn1-c1ccc(F)cc1F. The Morgan fingerprint density at radius 3 is 2.76 bits per heavy atom. The van der Waals surface area contributed by atoms with E-state index in [-0.39, 0.29) is 11.5 Å². The van der Waals surface area contributed by atoms with Crippen molar-refractivity contribution < 1.29 is 8.78 Å². The van der Waals surface area contributed by atoms with Gasteiger partial charge in [-0.1, -0.05) is 18.6 Å². The van der Waals surface area contributed by atoms with Crippen LogP contribution in [0.2, 0.25) is 0 Å². The summed E-state index contributed by atoms with van der Waals surface area (Å²) < 4.78 is 27.7. The normalized spacial score (nSPS) is 10.8. The monoisotopic (exact) mass is 238 g/mol. The van der Waals surface area contributed by atoms with Crippen LogP contribution in [0.3, 0.4) is 0 Å². The number of nitrogen functional groups attached to an aromatic ring is 1. The van der Waals surface area contributed by atoms with E-state index in [4.69, 9.17) is 5.73 Å². The molecule has 0 fully saturated rings. The maximum atomic E-state index is 13.6. The molecule has 2 aromatic rings. The van der Waals surface area contributed by atoms with E-state index in [0.717, 1.165) is 12.5 Å². The molecule has 4 nitrogen and oxygen atoms in total. The second-order valence-corrected chi connectivity index (χ2v) is 3.68. The van der Waals surface area contributed by atoms with E-state index in [0.29, 0.717) is 12.1 Å². The Bertz CT molecular complexity index is 536. The first-order valence-corrected chi connectivity index (χ1v) is 5.29. The van der Waals surface area contributed by atoms with Gasteiger partial charge in [0.2, 0.25) is 0 Å². The summed E-state index contributed by atoms with van der Waals surface area (Å²) in [6.07, 6.45) is 1.47. The Morgan fingerprint density at radius 2 is 2.12 bits per heavy atom. The first kappa shape index (κ1) is 11.5. The highest BCUT2D eigenvalue weighted by atomic mass is 19.1. The van der Waals surface area contributed by atoms with E-state index < -0.39 is 11.6 Å². The minimum Gasteiger partial charge on any atom is -0.381 e. The molecule has 0 saturated carbocycles. The van der Waals surface area contributed by atoms with Crippen LogP contribution in [-0.2, 0) is 6.42 Å². The number of rotatable bonds is 3. The molecule has 0 aliphatic heterocycles. The van der Waals surface area contributed by atoms with Crippen LogP contribution in [0, 0.1) is 11.6 Å². The van der Waals surface area contributed by atoms with Gasteiger partial charge in [-0.15, -0.1) is 5.10 Å². The van der Waals surface area contributed by atoms with Gasteiger partial charge in [-0.3, -0.25) is 0 Å². The van der Waals surface area contributed by atoms with Crippen molar-refractivity contribution in [2.45, 2.75) is 19.8 Å². The molecule has 0 aliphatic rings. The fraction of sp³-hybridized carbons (Fsp3) is 0.273. The molecule has 2 rings (SSSR count). The second-order valence-electron chi connectivity index (χ2n) is 3.68. The molecule has 0 aliphatic carbocycles. The molecule has 1 heterocycles. The van der Waals surface area contributed by atoms with Gasteiger partial charge in [0.15, 0.2) is 11.6 Å². The smallest absolute Gasteiger partial charge is 0.169 e. The van der Waals surface area contributed by atoms with Crippen molar-refractivity contribution in [3.63, 3.8) is 0 Å². The fourth-order valence-corrected chi connectivity index (χ4v) is 1.63. The van der Waals surface area contributed by atoms with Gasteiger partial charge in [0, 0.05) is 6.07 Å². The van der Waals surface area contributed by atoms with Gasteiger partial charge in [-0.25, -0.2) is 13.5 Å². The Hall–Kier alpha value is -1.98. The fourth-order valence-electron chi connectivity index (χ4n) is 1.63. The molecule has 0 spiro atoms. The van der Waals surface area contributed by atoms with Crippen LogP contribution in [0.5, 0.6) is 0 Å². The summed E-state index contributed by atoms with van der Waals surface area (Å²) in [7, 11) is 0. The molecule has 0 bridgehead atoms. The third-order valence-corrected chi connectivity index (χ3v) is 2.42. The minimum atomic E-state index is -0.688. The molecule has 0 unspecified atom stereocenters. The Kier molecular flexibility index (Phi) is 3.03. The van der Waals surface area contributed by atoms with Gasteiger partial charge >= 0.3 is 0 Å². The lowest BCUT2D eigenvalue weighted by Gasteiger charge is -2.06. The van der Waals surface area contributed by atoms with E-state index in [1.54, 1.807) is 0 Å². The van der Waals surface area contributed by atoms with E-state index in [2.05, 4.69) is 10.3 Å². The van der Waals surface area contributed by atoms with Gasteiger partial charge in [-0.2, -0.15) is 0 Å². The minimum absolute atomic E-state index is 0.152. The van der Waals surface area contributed by atoms with Crippen molar-refractivity contribution in [1.29, 1.82) is 0 Å². The van der Waals surface area contributed by atoms with Crippen LogP contribution in [0.25, 0.3) is 5.69 Å². The molecule has 6 heteroatoms. The average Bonchev–Trinajstić information content (AvgIpc) is 2.62. The van der Waals surface area contributed by atoms with Crippen molar-refractivity contribution in [2.75, 3.05) is 5.73 Å². The summed E-state index contributed by atoms with van der Waals surface area (Å²) in [6, 6.07) is 3.30. The molecule has 90 valence electrons. The summed E-state index contributed by atoms with van der Waals surface area (Å²) in [4.78, 5) is 0. The number of anilines is 1. The van der Waals surface area contributed by atoms with Crippen LogP contribution >= 0.6 is 0 Å². The van der Waals surface area contributed by atoms with Gasteiger partial charge in [-0.05, 0) is 18.6 Å². The molecular weight excluding hydrogens is 226 g/mol. The van der Waals surface area contributed by atoms with E-state index in [1.807, 2.05) is 6.92 Å². The van der Waals surface area contributed by atoms with Crippen LogP contribution in [-0.4, -0.2) is 15.0 Å². The average molecular weight is 238 g/mol. The third kappa shape index (κ3) is 2.11. The number of hydrogen-bond acceptors (Lipinski definition) is 3. The molecule has 0 amide bonds. The summed E-state index contributed by atoms with van der Waals surface area (Å²) >= 11 is 0. The van der Waals surface area contributed by atoms with Crippen LogP contribution in [0.1, 0.15) is 19.0 Å².